The van der Waals surface area contributed by atoms with Crippen molar-refractivity contribution in [2.24, 2.45) is 0 Å². The molecule has 0 aromatic heterocycles. The number of fused-ring (bicyclic) bond motifs is 2. The van der Waals surface area contributed by atoms with Crippen molar-refractivity contribution < 1.29 is 29.3 Å². The Bertz CT molecular complexity index is 562. The summed E-state index contributed by atoms with van der Waals surface area (Å²) in [6.45, 7) is 0.228. The predicted molar refractivity (Wildman–Crippen MR) is 69.6 cm³/mol. The maximum absolute atomic E-state index is 11.3. The molecule has 2 bridgehead atoms. The molecular weight excluding hydrogens is 278 g/mol. The highest BCUT2D eigenvalue weighted by molar-refractivity contribution is 5.74. The SMILES string of the molecule is O=C(O)CN1CC2OC(c3ccccc3)(C1)OC2C(=O)O. The lowest BCUT2D eigenvalue weighted by atomic mass is 10.0. The Morgan fingerprint density at radius 3 is 2.57 bits per heavy atom. The van der Waals surface area contributed by atoms with E-state index in [0.717, 1.165) is 0 Å². The van der Waals surface area contributed by atoms with Gasteiger partial charge < -0.3 is 19.7 Å². The van der Waals surface area contributed by atoms with Crippen molar-refractivity contribution in [1.29, 1.82) is 0 Å². The number of nitrogens with zero attached hydrogens (tertiary/aromatic N) is 1. The van der Waals surface area contributed by atoms with E-state index in [1.807, 2.05) is 6.07 Å². The topological polar surface area (TPSA) is 96.3 Å². The third-order valence-corrected chi connectivity index (χ3v) is 3.68. The summed E-state index contributed by atoms with van der Waals surface area (Å²) in [6, 6.07) is 9.00. The van der Waals surface area contributed by atoms with E-state index in [2.05, 4.69) is 0 Å². The predicted octanol–water partition coefficient (Wildman–Crippen LogP) is 0.108. The molecule has 7 heteroatoms. The van der Waals surface area contributed by atoms with Crippen LogP contribution < -0.4 is 0 Å². The van der Waals surface area contributed by atoms with Crippen molar-refractivity contribution in [2.45, 2.75) is 18.0 Å². The molecule has 0 aliphatic carbocycles. The zero-order valence-corrected chi connectivity index (χ0v) is 11.1. The number of ether oxygens (including phenoxy) is 2. The van der Waals surface area contributed by atoms with Gasteiger partial charge in [0, 0.05) is 12.1 Å². The first kappa shape index (κ1) is 14.0. The molecule has 1 aromatic rings. The van der Waals surface area contributed by atoms with E-state index in [0.29, 0.717) is 5.56 Å². The zero-order chi connectivity index (χ0) is 15.0. The Morgan fingerprint density at radius 2 is 1.95 bits per heavy atom. The first-order valence-corrected chi connectivity index (χ1v) is 6.58. The van der Waals surface area contributed by atoms with Crippen LogP contribution in [0.3, 0.4) is 0 Å². The number of morpholine rings is 1. The van der Waals surface area contributed by atoms with Gasteiger partial charge in [-0.3, -0.25) is 9.69 Å². The molecule has 0 spiro atoms. The maximum Gasteiger partial charge on any atom is 0.335 e. The Morgan fingerprint density at radius 1 is 1.24 bits per heavy atom. The van der Waals surface area contributed by atoms with Gasteiger partial charge >= 0.3 is 11.9 Å². The molecule has 2 saturated heterocycles. The summed E-state index contributed by atoms with van der Waals surface area (Å²) in [5.41, 5.74) is 0.689. The van der Waals surface area contributed by atoms with Crippen LogP contribution in [0, 0.1) is 0 Å². The molecule has 2 aliphatic heterocycles. The minimum absolute atomic E-state index is 0.176. The van der Waals surface area contributed by atoms with E-state index in [4.69, 9.17) is 14.6 Å². The summed E-state index contributed by atoms with van der Waals surface area (Å²) < 4.78 is 11.5. The smallest absolute Gasteiger partial charge is 0.335 e. The van der Waals surface area contributed by atoms with Crippen molar-refractivity contribution in [2.75, 3.05) is 19.6 Å². The van der Waals surface area contributed by atoms with Crippen LogP contribution >= 0.6 is 0 Å². The largest absolute Gasteiger partial charge is 0.480 e. The Balaban J connectivity index is 1.94. The van der Waals surface area contributed by atoms with E-state index in [9.17, 15) is 14.7 Å². The Labute approximate surface area is 120 Å². The average Bonchev–Trinajstić information content (AvgIpc) is 2.72. The Kier molecular flexibility index (Phi) is 3.40. The summed E-state index contributed by atoms with van der Waals surface area (Å²) >= 11 is 0. The highest BCUT2D eigenvalue weighted by Crippen LogP contribution is 2.42. The first-order chi connectivity index (χ1) is 10.00. The summed E-state index contributed by atoms with van der Waals surface area (Å²) in [5, 5.41) is 18.2. The summed E-state index contributed by atoms with van der Waals surface area (Å²) in [7, 11) is 0. The van der Waals surface area contributed by atoms with Crippen LogP contribution in [0.5, 0.6) is 0 Å². The number of carboxylic acids is 2. The van der Waals surface area contributed by atoms with Gasteiger partial charge in [-0.1, -0.05) is 30.3 Å². The van der Waals surface area contributed by atoms with Gasteiger partial charge in [-0.05, 0) is 0 Å². The molecule has 0 amide bonds. The molecule has 2 heterocycles. The molecule has 3 atom stereocenters. The van der Waals surface area contributed by atoms with Gasteiger partial charge in [-0.2, -0.15) is 0 Å². The lowest BCUT2D eigenvalue weighted by Gasteiger charge is -2.37. The molecule has 112 valence electrons. The van der Waals surface area contributed by atoms with Crippen LogP contribution in [0.1, 0.15) is 5.56 Å². The molecule has 0 saturated carbocycles. The van der Waals surface area contributed by atoms with Gasteiger partial charge in [0.15, 0.2) is 6.10 Å². The standard InChI is InChI=1S/C14H15NO6/c16-11(17)7-15-6-10-12(13(18)19)21-14(8-15,20-10)9-4-2-1-3-5-9/h1-5,10,12H,6-8H2,(H,16,17)(H,18,19). The monoisotopic (exact) mass is 293 g/mol. The van der Waals surface area contributed by atoms with Crippen LogP contribution in [0.2, 0.25) is 0 Å². The van der Waals surface area contributed by atoms with E-state index >= 15 is 0 Å². The number of rotatable bonds is 4. The fraction of sp³-hybridized carbons (Fsp3) is 0.429. The number of carboxylic acid groups (broad SMARTS) is 2. The fourth-order valence-electron chi connectivity index (χ4n) is 2.88. The molecular formula is C14H15NO6. The molecule has 2 fully saturated rings. The van der Waals surface area contributed by atoms with Crippen LogP contribution in [-0.2, 0) is 24.8 Å². The minimum atomic E-state index is -1.22. The number of carbonyl (C=O) groups is 2. The molecule has 1 aromatic carbocycles. The summed E-state index contributed by atoms with van der Waals surface area (Å²) in [6.07, 6.45) is -1.78. The quantitative estimate of drug-likeness (QED) is 0.813. The number of hydrogen-bond donors (Lipinski definition) is 2. The van der Waals surface area contributed by atoms with Crippen LogP contribution in [0.25, 0.3) is 0 Å². The van der Waals surface area contributed by atoms with Crippen LogP contribution in [0.15, 0.2) is 30.3 Å². The highest BCUT2D eigenvalue weighted by Gasteiger charge is 2.56. The molecule has 3 rings (SSSR count). The molecule has 3 unspecified atom stereocenters. The van der Waals surface area contributed by atoms with E-state index in [-0.39, 0.29) is 19.6 Å². The number of aliphatic carboxylic acids is 2. The number of benzene rings is 1. The highest BCUT2D eigenvalue weighted by atomic mass is 16.8. The van der Waals surface area contributed by atoms with Crippen LogP contribution in [0.4, 0.5) is 0 Å². The van der Waals surface area contributed by atoms with Gasteiger partial charge in [0.2, 0.25) is 5.79 Å². The first-order valence-electron chi connectivity index (χ1n) is 6.58. The fourth-order valence-corrected chi connectivity index (χ4v) is 2.88. The van der Waals surface area contributed by atoms with Gasteiger partial charge in [-0.15, -0.1) is 0 Å². The van der Waals surface area contributed by atoms with Crippen molar-refractivity contribution in [3.8, 4) is 0 Å². The molecule has 7 nitrogen and oxygen atoms in total. The van der Waals surface area contributed by atoms with Gasteiger partial charge in [0.05, 0.1) is 13.1 Å². The molecule has 21 heavy (non-hydrogen) atoms. The second kappa shape index (κ2) is 5.10. The Hall–Kier alpha value is -1.96. The maximum atomic E-state index is 11.3. The van der Waals surface area contributed by atoms with Crippen molar-refractivity contribution in [1.82, 2.24) is 4.90 Å². The van der Waals surface area contributed by atoms with E-state index in [1.165, 1.54) is 0 Å². The lowest BCUT2D eigenvalue weighted by Crippen LogP contribution is -2.51. The zero-order valence-electron chi connectivity index (χ0n) is 11.1. The molecule has 2 aliphatic rings. The van der Waals surface area contributed by atoms with Crippen LogP contribution in [-0.4, -0.2) is 58.9 Å². The van der Waals surface area contributed by atoms with Crippen molar-refractivity contribution in [3.63, 3.8) is 0 Å². The van der Waals surface area contributed by atoms with Gasteiger partial charge in [0.25, 0.3) is 0 Å². The second-order valence-electron chi connectivity index (χ2n) is 5.22. The van der Waals surface area contributed by atoms with Gasteiger partial charge in [0.1, 0.15) is 6.10 Å². The third kappa shape index (κ3) is 2.51. The van der Waals surface area contributed by atoms with E-state index < -0.39 is 29.9 Å². The van der Waals surface area contributed by atoms with E-state index in [1.54, 1.807) is 29.2 Å². The molecule has 0 radical (unpaired) electrons. The lowest BCUT2D eigenvalue weighted by molar-refractivity contribution is -0.218. The molecule has 2 N–H and O–H groups in total. The second-order valence-corrected chi connectivity index (χ2v) is 5.22. The number of hydrogen-bond acceptors (Lipinski definition) is 5. The normalized spacial score (nSPS) is 32.0. The van der Waals surface area contributed by atoms with Crippen molar-refractivity contribution >= 4 is 11.9 Å². The third-order valence-electron chi connectivity index (χ3n) is 3.68. The minimum Gasteiger partial charge on any atom is -0.480 e. The van der Waals surface area contributed by atoms with Crippen molar-refractivity contribution in [3.05, 3.63) is 35.9 Å². The average molecular weight is 293 g/mol. The summed E-state index contributed by atoms with van der Waals surface area (Å²) in [4.78, 5) is 23.9. The van der Waals surface area contributed by atoms with Gasteiger partial charge in [-0.25, -0.2) is 4.79 Å². The summed E-state index contributed by atoms with van der Waals surface area (Å²) in [5.74, 6) is -3.29.